The zero-order valence-electron chi connectivity index (χ0n) is 11.2. The molecule has 0 heterocycles. The molecule has 2 atom stereocenters. The Morgan fingerprint density at radius 1 is 1.29 bits per heavy atom. The smallest absolute Gasteiger partial charge is 0.223 e. The van der Waals surface area contributed by atoms with E-state index in [0.717, 1.165) is 32.1 Å². The van der Waals surface area contributed by atoms with Gasteiger partial charge in [-0.2, -0.15) is 0 Å². The molecule has 0 unspecified atom stereocenters. The normalized spacial score (nSPS) is 24.9. The highest BCUT2D eigenvalue weighted by atomic mass is 16.2. The van der Waals surface area contributed by atoms with E-state index in [4.69, 9.17) is 11.5 Å². The average Bonchev–Trinajstić information content (AvgIpc) is 2.84. The predicted octanol–water partition coefficient (Wildman–Crippen LogP) is 0.995. The van der Waals surface area contributed by atoms with Crippen LogP contribution in [0.1, 0.15) is 46.0 Å². The van der Waals surface area contributed by atoms with Crippen molar-refractivity contribution in [1.29, 1.82) is 0 Å². The van der Waals surface area contributed by atoms with E-state index in [1.165, 1.54) is 0 Å². The molecule has 0 radical (unpaired) electrons. The lowest BCUT2D eigenvalue weighted by Gasteiger charge is -2.33. The van der Waals surface area contributed by atoms with Gasteiger partial charge < -0.3 is 16.8 Å². The van der Waals surface area contributed by atoms with E-state index in [1.807, 2.05) is 0 Å². The molecule has 1 rings (SSSR count). The van der Waals surface area contributed by atoms with Crippen molar-refractivity contribution in [3.63, 3.8) is 0 Å². The van der Waals surface area contributed by atoms with Crippen LogP contribution in [0.15, 0.2) is 0 Å². The summed E-state index contributed by atoms with van der Waals surface area (Å²) in [5.74, 6) is 0.621. The van der Waals surface area contributed by atoms with E-state index in [0.29, 0.717) is 19.0 Å². The zero-order chi connectivity index (χ0) is 12.9. The molecule has 0 bridgehead atoms. The molecule has 0 aromatic heterocycles. The highest BCUT2D eigenvalue weighted by Crippen LogP contribution is 2.31. The molecule has 100 valence electrons. The van der Waals surface area contributed by atoms with E-state index in [-0.39, 0.29) is 17.4 Å². The Kier molecular flexibility index (Phi) is 5.40. The summed E-state index contributed by atoms with van der Waals surface area (Å²) in [5, 5.41) is 3.17. The summed E-state index contributed by atoms with van der Waals surface area (Å²) in [4.78, 5) is 12.3. The van der Waals surface area contributed by atoms with Gasteiger partial charge in [0.15, 0.2) is 0 Å². The van der Waals surface area contributed by atoms with Crippen molar-refractivity contribution >= 4 is 5.91 Å². The van der Waals surface area contributed by atoms with Gasteiger partial charge in [-0.25, -0.2) is 0 Å². The second-order valence-electron chi connectivity index (χ2n) is 5.21. The molecule has 17 heavy (non-hydrogen) atoms. The third-order valence-electron chi connectivity index (χ3n) is 4.43. The van der Waals surface area contributed by atoms with Crippen LogP contribution < -0.4 is 16.8 Å². The number of carbonyl (C=O) groups excluding carboxylic acids is 1. The fourth-order valence-electron chi connectivity index (χ4n) is 2.78. The lowest BCUT2D eigenvalue weighted by atomic mass is 9.89. The maximum absolute atomic E-state index is 12.3. The Labute approximate surface area is 105 Å². The standard InChI is InChI=1S/C13H27N3O/c1-3-13(4-2,9-15)16-12(17)11-7-5-6-10(11)8-14/h10-11H,3-9,14-15H2,1-2H3,(H,16,17)/t10-,11-/m1/s1. The van der Waals surface area contributed by atoms with Crippen molar-refractivity contribution in [2.45, 2.75) is 51.5 Å². The molecule has 0 aromatic rings. The molecule has 4 nitrogen and oxygen atoms in total. The number of nitrogens with one attached hydrogen (secondary N) is 1. The van der Waals surface area contributed by atoms with E-state index in [2.05, 4.69) is 19.2 Å². The Morgan fingerprint density at radius 2 is 1.94 bits per heavy atom. The van der Waals surface area contributed by atoms with E-state index in [9.17, 15) is 4.79 Å². The second kappa shape index (κ2) is 6.36. The van der Waals surface area contributed by atoms with Gasteiger partial charge in [-0.1, -0.05) is 20.3 Å². The molecule has 0 aromatic carbocycles. The molecule has 4 heteroatoms. The molecule has 1 saturated carbocycles. The van der Waals surface area contributed by atoms with Crippen LogP contribution in [-0.2, 0) is 4.79 Å². The van der Waals surface area contributed by atoms with Crippen LogP contribution in [0, 0.1) is 11.8 Å². The van der Waals surface area contributed by atoms with Crippen molar-refractivity contribution in [2.75, 3.05) is 13.1 Å². The highest BCUT2D eigenvalue weighted by Gasteiger charge is 2.35. The van der Waals surface area contributed by atoms with Crippen LogP contribution in [0.3, 0.4) is 0 Å². The minimum Gasteiger partial charge on any atom is -0.349 e. The van der Waals surface area contributed by atoms with Gasteiger partial charge in [0.1, 0.15) is 0 Å². The molecule has 1 fully saturated rings. The summed E-state index contributed by atoms with van der Waals surface area (Å²) >= 11 is 0. The fourth-order valence-corrected chi connectivity index (χ4v) is 2.78. The summed E-state index contributed by atoms with van der Waals surface area (Å²) in [5.41, 5.74) is 11.3. The zero-order valence-corrected chi connectivity index (χ0v) is 11.2. The van der Waals surface area contributed by atoms with E-state index < -0.39 is 0 Å². The third-order valence-corrected chi connectivity index (χ3v) is 4.43. The fraction of sp³-hybridized carbons (Fsp3) is 0.923. The van der Waals surface area contributed by atoms with Crippen LogP contribution >= 0.6 is 0 Å². The van der Waals surface area contributed by atoms with Gasteiger partial charge in [0, 0.05) is 12.5 Å². The van der Waals surface area contributed by atoms with Gasteiger partial charge in [-0.05, 0) is 38.1 Å². The van der Waals surface area contributed by atoms with Crippen molar-refractivity contribution in [1.82, 2.24) is 5.32 Å². The van der Waals surface area contributed by atoms with Crippen molar-refractivity contribution < 1.29 is 4.79 Å². The quantitative estimate of drug-likeness (QED) is 0.649. The number of nitrogens with two attached hydrogens (primary N) is 2. The lowest BCUT2D eigenvalue weighted by Crippen LogP contribution is -2.55. The SMILES string of the molecule is CCC(CC)(CN)NC(=O)[C@@H]1CCC[C@@H]1CN. The average molecular weight is 241 g/mol. The molecular formula is C13H27N3O. The van der Waals surface area contributed by atoms with Gasteiger partial charge in [0.25, 0.3) is 0 Å². The Bertz CT molecular complexity index is 243. The number of amides is 1. The van der Waals surface area contributed by atoms with Gasteiger partial charge >= 0.3 is 0 Å². The minimum atomic E-state index is -0.223. The van der Waals surface area contributed by atoms with Gasteiger partial charge in [-0.3, -0.25) is 4.79 Å². The number of carbonyl (C=O) groups is 1. The number of hydrogen-bond acceptors (Lipinski definition) is 3. The van der Waals surface area contributed by atoms with Crippen molar-refractivity contribution in [2.24, 2.45) is 23.3 Å². The van der Waals surface area contributed by atoms with Crippen LogP contribution in [0.2, 0.25) is 0 Å². The largest absolute Gasteiger partial charge is 0.349 e. The maximum atomic E-state index is 12.3. The molecular weight excluding hydrogens is 214 g/mol. The summed E-state index contributed by atoms with van der Waals surface area (Å²) < 4.78 is 0. The Morgan fingerprint density at radius 3 is 2.41 bits per heavy atom. The first-order chi connectivity index (χ1) is 8.12. The topological polar surface area (TPSA) is 81.1 Å². The first-order valence-corrected chi connectivity index (χ1v) is 6.84. The Balaban J connectivity index is 2.64. The summed E-state index contributed by atoms with van der Waals surface area (Å²) in [6.07, 6.45) is 4.94. The second-order valence-corrected chi connectivity index (χ2v) is 5.21. The maximum Gasteiger partial charge on any atom is 0.223 e. The molecule has 0 saturated heterocycles. The van der Waals surface area contributed by atoms with Crippen molar-refractivity contribution in [3.05, 3.63) is 0 Å². The van der Waals surface area contributed by atoms with Crippen molar-refractivity contribution in [3.8, 4) is 0 Å². The third kappa shape index (κ3) is 3.19. The minimum absolute atomic E-state index is 0.101. The van der Waals surface area contributed by atoms with Gasteiger partial charge in [-0.15, -0.1) is 0 Å². The van der Waals surface area contributed by atoms with Crippen LogP contribution in [0.4, 0.5) is 0 Å². The molecule has 0 aliphatic heterocycles. The van der Waals surface area contributed by atoms with Crippen LogP contribution in [0.25, 0.3) is 0 Å². The highest BCUT2D eigenvalue weighted by molar-refractivity contribution is 5.80. The lowest BCUT2D eigenvalue weighted by molar-refractivity contribution is -0.128. The summed E-state index contributed by atoms with van der Waals surface area (Å²) in [6.45, 7) is 5.27. The molecule has 5 N–H and O–H groups in total. The van der Waals surface area contributed by atoms with Crippen LogP contribution in [0.5, 0.6) is 0 Å². The van der Waals surface area contributed by atoms with Crippen LogP contribution in [-0.4, -0.2) is 24.5 Å². The van der Waals surface area contributed by atoms with Gasteiger partial charge in [0.05, 0.1) is 5.54 Å². The first kappa shape index (κ1) is 14.5. The van der Waals surface area contributed by atoms with E-state index in [1.54, 1.807) is 0 Å². The summed E-state index contributed by atoms with van der Waals surface area (Å²) in [7, 11) is 0. The molecule has 1 amide bonds. The number of hydrogen-bond donors (Lipinski definition) is 3. The number of rotatable bonds is 6. The molecule has 0 spiro atoms. The summed E-state index contributed by atoms with van der Waals surface area (Å²) in [6, 6.07) is 0. The Hall–Kier alpha value is -0.610. The van der Waals surface area contributed by atoms with Gasteiger partial charge in [0.2, 0.25) is 5.91 Å². The first-order valence-electron chi connectivity index (χ1n) is 6.84. The molecule has 1 aliphatic carbocycles. The monoisotopic (exact) mass is 241 g/mol. The predicted molar refractivity (Wildman–Crippen MR) is 70.4 cm³/mol. The molecule has 1 aliphatic rings. The van der Waals surface area contributed by atoms with E-state index >= 15 is 0 Å².